The summed E-state index contributed by atoms with van der Waals surface area (Å²) in [5.74, 6) is -0.892. The topological polar surface area (TPSA) is 12.0 Å². The monoisotopic (exact) mass is 267 g/mol. The summed E-state index contributed by atoms with van der Waals surface area (Å²) in [7, 11) is 0. The Bertz CT molecular complexity index is 406. The van der Waals surface area contributed by atoms with Crippen LogP contribution in [-0.4, -0.2) is 12.6 Å². The molecule has 0 radical (unpaired) electrons. The van der Waals surface area contributed by atoms with Gasteiger partial charge in [-0.25, -0.2) is 8.78 Å². The third-order valence-electron chi connectivity index (χ3n) is 3.97. The first-order valence-corrected chi connectivity index (χ1v) is 7.36. The molecule has 1 aliphatic rings. The Balaban J connectivity index is 1.89. The Morgan fingerprint density at radius 1 is 1.21 bits per heavy atom. The molecule has 2 unspecified atom stereocenters. The van der Waals surface area contributed by atoms with Crippen LogP contribution in [0.5, 0.6) is 0 Å². The molecule has 1 fully saturated rings. The van der Waals surface area contributed by atoms with Crippen LogP contribution < -0.4 is 5.32 Å². The summed E-state index contributed by atoms with van der Waals surface area (Å²) < 4.78 is 26.1. The normalized spacial score (nSPS) is 23.5. The molecule has 0 aliphatic heterocycles. The van der Waals surface area contributed by atoms with E-state index in [4.69, 9.17) is 0 Å². The number of nitrogens with one attached hydrogen (secondary N) is 1. The van der Waals surface area contributed by atoms with E-state index in [1.165, 1.54) is 31.4 Å². The van der Waals surface area contributed by atoms with Gasteiger partial charge in [0.15, 0.2) is 11.6 Å². The third-order valence-corrected chi connectivity index (χ3v) is 3.97. The first kappa shape index (κ1) is 14.4. The number of hydrogen-bond acceptors (Lipinski definition) is 1. The zero-order valence-electron chi connectivity index (χ0n) is 11.6. The van der Waals surface area contributed by atoms with E-state index >= 15 is 0 Å². The Morgan fingerprint density at radius 2 is 2.05 bits per heavy atom. The summed E-state index contributed by atoms with van der Waals surface area (Å²) in [6, 6.07) is 4.89. The lowest BCUT2D eigenvalue weighted by atomic mass is 9.82. The van der Waals surface area contributed by atoms with Gasteiger partial charge in [-0.05, 0) is 55.8 Å². The van der Waals surface area contributed by atoms with Crippen molar-refractivity contribution in [2.24, 2.45) is 5.92 Å². The van der Waals surface area contributed by atoms with Gasteiger partial charge >= 0.3 is 0 Å². The molecule has 19 heavy (non-hydrogen) atoms. The molecule has 3 heteroatoms. The lowest BCUT2D eigenvalue weighted by Gasteiger charge is -2.30. The zero-order chi connectivity index (χ0) is 13.7. The van der Waals surface area contributed by atoms with Crippen LogP contribution >= 0.6 is 0 Å². The first-order valence-electron chi connectivity index (χ1n) is 7.36. The minimum absolute atomic E-state index is 0.591. The molecular formula is C16H23F2N. The van der Waals surface area contributed by atoms with Crippen LogP contribution in [0.15, 0.2) is 18.2 Å². The third kappa shape index (κ3) is 4.27. The Morgan fingerprint density at radius 3 is 2.79 bits per heavy atom. The number of halogens is 2. The molecule has 1 aromatic rings. The van der Waals surface area contributed by atoms with E-state index in [1.54, 1.807) is 6.07 Å². The lowest BCUT2D eigenvalue weighted by Crippen LogP contribution is -2.35. The summed E-state index contributed by atoms with van der Waals surface area (Å²) in [5, 5.41) is 3.57. The molecule has 0 amide bonds. The minimum Gasteiger partial charge on any atom is -0.314 e. The van der Waals surface area contributed by atoms with E-state index in [-0.39, 0.29) is 0 Å². The van der Waals surface area contributed by atoms with Crippen LogP contribution in [0, 0.1) is 17.6 Å². The second-order valence-electron chi connectivity index (χ2n) is 5.64. The van der Waals surface area contributed by atoms with Gasteiger partial charge in [-0.3, -0.25) is 0 Å². The number of rotatable bonds is 5. The molecule has 2 atom stereocenters. The van der Waals surface area contributed by atoms with E-state index in [0.29, 0.717) is 12.0 Å². The average Bonchev–Trinajstić information content (AvgIpc) is 2.41. The minimum atomic E-state index is -0.755. The van der Waals surface area contributed by atoms with E-state index in [0.717, 1.165) is 31.4 Å². The van der Waals surface area contributed by atoms with Gasteiger partial charge in [0.1, 0.15) is 0 Å². The fraction of sp³-hybridized carbons (Fsp3) is 0.625. The van der Waals surface area contributed by atoms with Gasteiger partial charge in [-0.1, -0.05) is 25.8 Å². The van der Waals surface area contributed by atoms with Crippen LogP contribution in [0.1, 0.15) is 44.6 Å². The maximum absolute atomic E-state index is 13.2. The van der Waals surface area contributed by atoms with E-state index in [1.807, 2.05) is 0 Å². The van der Waals surface area contributed by atoms with Crippen molar-refractivity contribution in [2.75, 3.05) is 6.54 Å². The zero-order valence-corrected chi connectivity index (χ0v) is 11.6. The molecule has 0 bridgehead atoms. The van der Waals surface area contributed by atoms with Crippen molar-refractivity contribution in [1.82, 2.24) is 5.32 Å². The Labute approximate surface area is 114 Å². The SMILES string of the molecule is CCCNC1CCCC(Cc2ccc(F)c(F)c2)C1. The predicted octanol–water partition coefficient (Wildman–Crippen LogP) is 4.07. The molecule has 0 saturated heterocycles. The van der Waals surface area contributed by atoms with E-state index in [2.05, 4.69) is 12.2 Å². The summed E-state index contributed by atoms with van der Waals surface area (Å²) in [6.45, 7) is 3.25. The van der Waals surface area contributed by atoms with Crippen LogP contribution in [0.2, 0.25) is 0 Å². The molecule has 0 heterocycles. The fourth-order valence-electron chi connectivity index (χ4n) is 3.01. The molecule has 1 aromatic carbocycles. The van der Waals surface area contributed by atoms with Crippen molar-refractivity contribution in [2.45, 2.75) is 51.5 Å². The van der Waals surface area contributed by atoms with Gasteiger partial charge in [0.05, 0.1) is 0 Å². The van der Waals surface area contributed by atoms with Gasteiger partial charge in [-0.2, -0.15) is 0 Å². The smallest absolute Gasteiger partial charge is 0.159 e. The Hall–Kier alpha value is -0.960. The summed E-state index contributed by atoms with van der Waals surface area (Å²) in [6.07, 6.45) is 6.85. The lowest BCUT2D eigenvalue weighted by molar-refractivity contribution is 0.284. The van der Waals surface area contributed by atoms with Gasteiger partial charge < -0.3 is 5.32 Å². The summed E-state index contributed by atoms with van der Waals surface area (Å²) in [4.78, 5) is 0. The molecular weight excluding hydrogens is 244 g/mol. The van der Waals surface area contributed by atoms with Gasteiger partial charge in [0.25, 0.3) is 0 Å². The number of hydrogen-bond donors (Lipinski definition) is 1. The summed E-state index contributed by atoms with van der Waals surface area (Å²) >= 11 is 0. The van der Waals surface area contributed by atoms with Crippen molar-refractivity contribution >= 4 is 0 Å². The van der Waals surface area contributed by atoms with Crippen LogP contribution in [-0.2, 0) is 6.42 Å². The first-order chi connectivity index (χ1) is 9.19. The second kappa shape index (κ2) is 6.99. The Kier molecular flexibility index (Phi) is 5.32. The predicted molar refractivity (Wildman–Crippen MR) is 74.1 cm³/mol. The van der Waals surface area contributed by atoms with Gasteiger partial charge in [-0.15, -0.1) is 0 Å². The van der Waals surface area contributed by atoms with Crippen molar-refractivity contribution < 1.29 is 8.78 Å². The second-order valence-corrected chi connectivity index (χ2v) is 5.64. The van der Waals surface area contributed by atoms with Gasteiger partial charge in [0, 0.05) is 6.04 Å². The molecule has 1 nitrogen and oxygen atoms in total. The van der Waals surface area contributed by atoms with Gasteiger partial charge in [0.2, 0.25) is 0 Å². The molecule has 1 aliphatic carbocycles. The molecule has 1 saturated carbocycles. The molecule has 2 rings (SSSR count). The average molecular weight is 267 g/mol. The highest BCUT2D eigenvalue weighted by molar-refractivity contribution is 5.18. The fourth-order valence-corrected chi connectivity index (χ4v) is 3.01. The largest absolute Gasteiger partial charge is 0.314 e. The van der Waals surface area contributed by atoms with Crippen LogP contribution in [0.3, 0.4) is 0 Å². The molecule has 0 aromatic heterocycles. The molecule has 106 valence electrons. The van der Waals surface area contributed by atoms with Crippen molar-refractivity contribution in [3.8, 4) is 0 Å². The van der Waals surface area contributed by atoms with Crippen LogP contribution in [0.4, 0.5) is 8.78 Å². The van der Waals surface area contributed by atoms with E-state index < -0.39 is 11.6 Å². The van der Waals surface area contributed by atoms with Crippen LogP contribution in [0.25, 0.3) is 0 Å². The highest BCUT2D eigenvalue weighted by atomic mass is 19.2. The highest BCUT2D eigenvalue weighted by Crippen LogP contribution is 2.27. The highest BCUT2D eigenvalue weighted by Gasteiger charge is 2.21. The maximum atomic E-state index is 13.2. The quantitative estimate of drug-likeness (QED) is 0.848. The van der Waals surface area contributed by atoms with E-state index in [9.17, 15) is 8.78 Å². The molecule has 1 N–H and O–H groups in total. The molecule has 0 spiro atoms. The standard InChI is InChI=1S/C16H23F2N/c1-2-8-19-14-5-3-4-12(10-14)9-13-6-7-15(17)16(18)11-13/h6-7,11-12,14,19H,2-5,8-10H2,1H3. The maximum Gasteiger partial charge on any atom is 0.159 e. The van der Waals surface area contributed by atoms with Crippen molar-refractivity contribution in [1.29, 1.82) is 0 Å². The van der Waals surface area contributed by atoms with Crippen molar-refractivity contribution in [3.63, 3.8) is 0 Å². The van der Waals surface area contributed by atoms with Crippen molar-refractivity contribution in [3.05, 3.63) is 35.4 Å². The number of benzene rings is 1. The summed E-state index contributed by atoms with van der Waals surface area (Å²) in [5.41, 5.74) is 0.917.